The molecule has 8 heteroatoms. The van der Waals surface area contributed by atoms with Crippen LogP contribution < -0.4 is 5.32 Å². The number of phenolic OH excluding ortho intramolecular Hbond substituents is 1. The zero-order valence-corrected chi connectivity index (χ0v) is 12.9. The zero-order valence-electron chi connectivity index (χ0n) is 11.3. The van der Waals surface area contributed by atoms with Crippen molar-refractivity contribution in [2.45, 2.75) is 18.6 Å². The molecule has 1 heterocycles. The SMILES string of the molecule is Cl.Cl.Oc1ccccc1[C@H](CC(F)(F)F)N1CCNCC1. The number of nitrogens with zero attached hydrogens (tertiary/aromatic N) is 1. The molecule has 0 spiro atoms. The fourth-order valence-corrected chi connectivity index (χ4v) is 2.42. The smallest absolute Gasteiger partial charge is 0.390 e. The number of hydrogen-bond donors (Lipinski definition) is 2. The molecule has 0 saturated carbocycles. The second-order valence-electron chi connectivity index (χ2n) is 4.68. The van der Waals surface area contributed by atoms with Crippen LogP contribution in [0.15, 0.2) is 24.3 Å². The van der Waals surface area contributed by atoms with E-state index in [1.807, 2.05) is 0 Å². The van der Waals surface area contributed by atoms with Crippen LogP contribution in [0.5, 0.6) is 5.75 Å². The number of rotatable bonds is 3. The monoisotopic (exact) mass is 346 g/mol. The van der Waals surface area contributed by atoms with Gasteiger partial charge in [-0.1, -0.05) is 18.2 Å². The number of para-hydroxylation sites is 1. The number of halogens is 5. The lowest BCUT2D eigenvalue weighted by Gasteiger charge is -2.35. The average molecular weight is 347 g/mol. The van der Waals surface area contributed by atoms with E-state index >= 15 is 0 Å². The Morgan fingerprint density at radius 2 is 1.71 bits per heavy atom. The number of piperazine rings is 1. The molecule has 1 aromatic carbocycles. The van der Waals surface area contributed by atoms with E-state index in [9.17, 15) is 18.3 Å². The second-order valence-corrected chi connectivity index (χ2v) is 4.68. The molecule has 1 saturated heterocycles. The molecule has 122 valence electrons. The van der Waals surface area contributed by atoms with Gasteiger partial charge in [0.15, 0.2) is 0 Å². The summed E-state index contributed by atoms with van der Waals surface area (Å²) in [5.41, 5.74) is 0.349. The largest absolute Gasteiger partial charge is 0.508 e. The van der Waals surface area contributed by atoms with Gasteiger partial charge in [0.25, 0.3) is 0 Å². The molecule has 1 atom stereocenters. The van der Waals surface area contributed by atoms with Crippen LogP contribution in [0.3, 0.4) is 0 Å². The van der Waals surface area contributed by atoms with Crippen LogP contribution >= 0.6 is 24.8 Å². The van der Waals surface area contributed by atoms with Crippen molar-refractivity contribution < 1.29 is 18.3 Å². The van der Waals surface area contributed by atoms with Gasteiger partial charge in [0.05, 0.1) is 6.42 Å². The van der Waals surface area contributed by atoms with Gasteiger partial charge in [-0.25, -0.2) is 0 Å². The van der Waals surface area contributed by atoms with Crippen molar-refractivity contribution in [2.24, 2.45) is 0 Å². The summed E-state index contributed by atoms with van der Waals surface area (Å²) in [5, 5.41) is 12.9. The van der Waals surface area contributed by atoms with E-state index in [0.29, 0.717) is 31.7 Å². The first-order valence-electron chi connectivity index (χ1n) is 6.27. The molecule has 2 N–H and O–H groups in total. The van der Waals surface area contributed by atoms with E-state index in [1.54, 1.807) is 23.1 Å². The normalized spacial score (nSPS) is 17.5. The van der Waals surface area contributed by atoms with E-state index in [-0.39, 0.29) is 30.6 Å². The minimum atomic E-state index is -4.25. The first-order valence-corrected chi connectivity index (χ1v) is 6.27. The molecular weight excluding hydrogens is 328 g/mol. The first kappa shape index (κ1) is 20.3. The Morgan fingerprint density at radius 1 is 1.14 bits per heavy atom. The van der Waals surface area contributed by atoms with Gasteiger partial charge in [-0.2, -0.15) is 13.2 Å². The number of benzene rings is 1. The summed E-state index contributed by atoms with van der Waals surface area (Å²) >= 11 is 0. The topological polar surface area (TPSA) is 35.5 Å². The average Bonchev–Trinajstić information content (AvgIpc) is 2.37. The molecule has 0 unspecified atom stereocenters. The Morgan fingerprint density at radius 3 is 2.24 bits per heavy atom. The highest BCUT2D eigenvalue weighted by atomic mass is 35.5. The van der Waals surface area contributed by atoms with Crippen molar-refractivity contribution in [3.05, 3.63) is 29.8 Å². The number of hydrogen-bond acceptors (Lipinski definition) is 3. The molecule has 1 fully saturated rings. The maximum absolute atomic E-state index is 12.8. The van der Waals surface area contributed by atoms with Crippen molar-refractivity contribution in [1.29, 1.82) is 0 Å². The molecule has 3 nitrogen and oxygen atoms in total. The summed E-state index contributed by atoms with van der Waals surface area (Å²) in [4.78, 5) is 1.78. The molecule has 1 aromatic rings. The van der Waals surface area contributed by atoms with Gasteiger partial charge < -0.3 is 10.4 Å². The standard InChI is InChI=1S/C13H17F3N2O.2ClH/c14-13(15,16)9-11(18-7-5-17-6-8-18)10-3-1-2-4-12(10)19;;/h1-4,11,17,19H,5-9H2;2*1H/t11-;;/m0../s1. The molecule has 0 aliphatic carbocycles. The fraction of sp³-hybridized carbons (Fsp3) is 0.538. The van der Waals surface area contributed by atoms with Gasteiger partial charge in [0, 0.05) is 37.8 Å². The lowest BCUT2D eigenvalue weighted by Crippen LogP contribution is -2.46. The Hall–Kier alpha value is -0.690. The van der Waals surface area contributed by atoms with Crippen LogP contribution in [0.1, 0.15) is 18.0 Å². The van der Waals surface area contributed by atoms with Crippen molar-refractivity contribution in [3.8, 4) is 5.75 Å². The van der Waals surface area contributed by atoms with Crippen LogP contribution in [0.25, 0.3) is 0 Å². The van der Waals surface area contributed by atoms with Gasteiger partial charge in [-0.3, -0.25) is 4.90 Å². The Balaban J connectivity index is 0.00000200. The van der Waals surface area contributed by atoms with Crippen LogP contribution in [-0.2, 0) is 0 Å². The third-order valence-electron chi connectivity index (χ3n) is 3.31. The molecule has 0 radical (unpaired) electrons. The number of aromatic hydroxyl groups is 1. The molecule has 21 heavy (non-hydrogen) atoms. The van der Waals surface area contributed by atoms with E-state index in [4.69, 9.17) is 0 Å². The van der Waals surface area contributed by atoms with E-state index in [0.717, 1.165) is 0 Å². The summed E-state index contributed by atoms with van der Waals surface area (Å²) in [6.07, 6.45) is -5.19. The minimum absolute atomic E-state index is 0. The fourth-order valence-electron chi connectivity index (χ4n) is 2.42. The van der Waals surface area contributed by atoms with Crippen molar-refractivity contribution in [1.82, 2.24) is 10.2 Å². The quantitative estimate of drug-likeness (QED) is 0.882. The predicted octanol–water partition coefficient (Wildman–Crippen LogP) is 3.13. The van der Waals surface area contributed by atoms with Crippen molar-refractivity contribution in [2.75, 3.05) is 26.2 Å². The number of phenols is 1. The Kier molecular flexibility index (Phi) is 8.39. The number of nitrogens with one attached hydrogen (secondary N) is 1. The maximum atomic E-state index is 12.8. The van der Waals surface area contributed by atoms with E-state index in [2.05, 4.69) is 5.32 Å². The molecule has 2 rings (SSSR count). The summed E-state index contributed by atoms with van der Waals surface area (Å²) < 4.78 is 38.3. The third-order valence-corrected chi connectivity index (χ3v) is 3.31. The molecule has 1 aliphatic heterocycles. The first-order chi connectivity index (χ1) is 8.97. The van der Waals surface area contributed by atoms with Crippen LogP contribution in [0, 0.1) is 0 Å². The maximum Gasteiger partial charge on any atom is 0.390 e. The lowest BCUT2D eigenvalue weighted by atomic mass is 10.00. The molecular formula is C13H19Cl2F3N2O. The molecule has 0 bridgehead atoms. The summed E-state index contributed by atoms with van der Waals surface area (Å²) in [7, 11) is 0. The zero-order chi connectivity index (χ0) is 13.9. The van der Waals surface area contributed by atoms with Gasteiger partial charge in [-0.05, 0) is 6.07 Å². The van der Waals surface area contributed by atoms with Crippen molar-refractivity contribution in [3.63, 3.8) is 0 Å². The highest BCUT2D eigenvalue weighted by molar-refractivity contribution is 5.85. The molecule has 0 amide bonds. The molecule has 0 aromatic heterocycles. The highest BCUT2D eigenvalue weighted by Crippen LogP contribution is 2.37. The third kappa shape index (κ3) is 5.90. The van der Waals surface area contributed by atoms with Gasteiger partial charge in [-0.15, -0.1) is 24.8 Å². The minimum Gasteiger partial charge on any atom is -0.508 e. The number of alkyl halides is 3. The highest BCUT2D eigenvalue weighted by Gasteiger charge is 2.36. The summed E-state index contributed by atoms with van der Waals surface area (Å²) in [5.74, 6) is -0.0738. The van der Waals surface area contributed by atoms with Crippen LogP contribution in [0.4, 0.5) is 13.2 Å². The van der Waals surface area contributed by atoms with Gasteiger partial charge in [0.2, 0.25) is 0 Å². The van der Waals surface area contributed by atoms with E-state index in [1.165, 1.54) is 6.07 Å². The molecule has 1 aliphatic rings. The van der Waals surface area contributed by atoms with Crippen molar-refractivity contribution >= 4 is 24.8 Å². The predicted molar refractivity (Wildman–Crippen MR) is 80.5 cm³/mol. The van der Waals surface area contributed by atoms with E-state index < -0.39 is 18.6 Å². The lowest BCUT2D eigenvalue weighted by molar-refractivity contribution is -0.148. The van der Waals surface area contributed by atoms with Crippen LogP contribution in [0.2, 0.25) is 0 Å². The van der Waals surface area contributed by atoms with Gasteiger partial charge >= 0.3 is 6.18 Å². The Bertz CT molecular complexity index is 426. The summed E-state index contributed by atoms with van der Waals surface area (Å²) in [6.45, 7) is 2.44. The Labute approximate surface area is 134 Å². The second kappa shape index (κ2) is 8.68. The van der Waals surface area contributed by atoms with Gasteiger partial charge in [0.1, 0.15) is 5.75 Å². The van der Waals surface area contributed by atoms with Crippen LogP contribution in [-0.4, -0.2) is 42.4 Å². The summed E-state index contributed by atoms with van der Waals surface area (Å²) in [6, 6.07) is 5.44.